The summed E-state index contributed by atoms with van der Waals surface area (Å²) in [7, 11) is 0. The van der Waals surface area contributed by atoms with Gasteiger partial charge >= 0.3 is 0 Å². The van der Waals surface area contributed by atoms with E-state index >= 15 is 0 Å². The molecule has 1 unspecified atom stereocenters. The van der Waals surface area contributed by atoms with Crippen LogP contribution in [0.15, 0.2) is 42.5 Å². The van der Waals surface area contributed by atoms with E-state index in [9.17, 15) is 4.39 Å². The Morgan fingerprint density at radius 3 is 2.56 bits per heavy atom. The van der Waals surface area contributed by atoms with E-state index in [1.54, 1.807) is 13.0 Å². The molecular weight excluding hydrogens is 247 g/mol. The highest BCUT2D eigenvalue weighted by atomic mass is 35.5. The standard InChI is InChI=1S/C16H16ClF/c1-11-4-3-5-13(8-11)10-15(17)14-6-7-16(18)12(2)9-14/h3-9,15H,10H2,1-2H3. The van der Waals surface area contributed by atoms with E-state index in [1.807, 2.05) is 12.1 Å². The van der Waals surface area contributed by atoms with Gasteiger partial charge in [-0.2, -0.15) is 0 Å². The second-order valence-corrected chi connectivity index (χ2v) is 5.20. The van der Waals surface area contributed by atoms with E-state index in [1.165, 1.54) is 17.2 Å². The summed E-state index contributed by atoms with van der Waals surface area (Å²) in [6, 6.07) is 13.4. The van der Waals surface area contributed by atoms with Gasteiger partial charge < -0.3 is 0 Å². The van der Waals surface area contributed by atoms with Crippen molar-refractivity contribution in [3.8, 4) is 0 Å². The van der Waals surface area contributed by atoms with Gasteiger partial charge in [-0.25, -0.2) is 4.39 Å². The molecule has 0 saturated heterocycles. The van der Waals surface area contributed by atoms with Crippen LogP contribution in [0, 0.1) is 19.7 Å². The third-order valence-corrected chi connectivity index (χ3v) is 3.45. The van der Waals surface area contributed by atoms with Crippen molar-refractivity contribution in [3.63, 3.8) is 0 Å². The zero-order valence-electron chi connectivity index (χ0n) is 10.6. The largest absolute Gasteiger partial charge is 0.207 e. The van der Waals surface area contributed by atoms with E-state index in [4.69, 9.17) is 11.6 Å². The van der Waals surface area contributed by atoms with Gasteiger partial charge in [0.05, 0.1) is 5.38 Å². The number of benzene rings is 2. The van der Waals surface area contributed by atoms with Crippen LogP contribution in [0.5, 0.6) is 0 Å². The first kappa shape index (κ1) is 13.1. The lowest BCUT2D eigenvalue weighted by atomic mass is 10.0. The molecule has 0 nitrogen and oxygen atoms in total. The summed E-state index contributed by atoms with van der Waals surface area (Å²) in [5.74, 6) is -0.182. The number of hydrogen-bond acceptors (Lipinski definition) is 0. The van der Waals surface area contributed by atoms with Gasteiger partial charge in [-0.1, -0.05) is 42.0 Å². The lowest BCUT2D eigenvalue weighted by Gasteiger charge is -2.11. The minimum atomic E-state index is -0.182. The van der Waals surface area contributed by atoms with Crippen molar-refractivity contribution < 1.29 is 4.39 Å². The van der Waals surface area contributed by atoms with Crippen LogP contribution in [0.1, 0.15) is 27.6 Å². The van der Waals surface area contributed by atoms with Gasteiger partial charge in [0.25, 0.3) is 0 Å². The molecule has 0 radical (unpaired) electrons. The van der Waals surface area contributed by atoms with Crippen LogP contribution in [0.4, 0.5) is 4.39 Å². The Morgan fingerprint density at radius 1 is 1.11 bits per heavy atom. The first-order valence-electron chi connectivity index (χ1n) is 6.02. The topological polar surface area (TPSA) is 0 Å². The number of hydrogen-bond donors (Lipinski definition) is 0. The molecule has 0 bridgehead atoms. The molecule has 0 fully saturated rings. The second-order valence-electron chi connectivity index (χ2n) is 4.67. The van der Waals surface area contributed by atoms with E-state index in [0.717, 1.165) is 12.0 Å². The summed E-state index contributed by atoms with van der Waals surface area (Å²) < 4.78 is 13.2. The average Bonchev–Trinajstić information content (AvgIpc) is 2.32. The Morgan fingerprint density at radius 2 is 1.89 bits per heavy atom. The molecular formula is C16H16ClF. The van der Waals surface area contributed by atoms with Crippen LogP contribution in [0.25, 0.3) is 0 Å². The lowest BCUT2D eigenvalue weighted by molar-refractivity contribution is 0.617. The number of alkyl halides is 1. The molecule has 0 amide bonds. The molecule has 0 aliphatic heterocycles. The maximum absolute atomic E-state index is 13.2. The monoisotopic (exact) mass is 262 g/mol. The van der Waals surface area contributed by atoms with Crippen LogP contribution in [0.3, 0.4) is 0 Å². The van der Waals surface area contributed by atoms with Gasteiger partial charge in [-0.05, 0) is 43.0 Å². The summed E-state index contributed by atoms with van der Waals surface area (Å²) in [5, 5.41) is -0.119. The number of halogens is 2. The highest BCUT2D eigenvalue weighted by molar-refractivity contribution is 6.20. The minimum Gasteiger partial charge on any atom is -0.207 e. The Labute approximate surface area is 112 Å². The molecule has 0 spiro atoms. The molecule has 1 atom stereocenters. The second kappa shape index (κ2) is 5.53. The summed E-state index contributed by atoms with van der Waals surface area (Å²) in [5.41, 5.74) is 4.04. The fourth-order valence-corrected chi connectivity index (χ4v) is 2.34. The predicted molar refractivity (Wildman–Crippen MR) is 74.6 cm³/mol. The highest BCUT2D eigenvalue weighted by Gasteiger charge is 2.10. The van der Waals surface area contributed by atoms with E-state index in [2.05, 4.69) is 25.1 Å². The van der Waals surface area contributed by atoms with Gasteiger partial charge in [0.2, 0.25) is 0 Å². The van der Waals surface area contributed by atoms with Crippen LogP contribution in [0.2, 0.25) is 0 Å². The minimum absolute atomic E-state index is 0.119. The Kier molecular flexibility index (Phi) is 4.03. The average molecular weight is 263 g/mol. The fourth-order valence-electron chi connectivity index (χ4n) is 2.03. The molecule has 0 aromatic heterocycles. The Bertz CT molecular complexity index is 549. The van der Waals surface area contributed by atoms with Gasteiger partial charge in [0.15, 0.2) is 0 Å². The van der Waals surface area contributed by atoms with Crippen molar-refractivity contribution in [2.75, 3.05) is 0 Å². The van der Waals surface area contributed by atoms with Crippen LogP contribution < -0.4 is 0 Å². The summed E-state index contributed by atoms with van der Waals surface area (Å²) >= 11 is 6.39. The summed E-state index contributed by atoms with van der Waals surface area (Å²) in [6.07, 6.45) is 0.758. The maximum Gasteiger partial charge on any atom is 0.126 e. The SMILES string of the molecule is Cc1cccc(CC(Cl)c2ccc(F)c(C)c2)c1. The summed E-state index contributed by atoms with van der Waals surface area (Å²) in [6.45, 7) is 3.82. The van der Waals surface area contributed by atoms with Gasteiger partial charge in [0, 0.05) is 0 Å². The third kappa shape index (κ3) is 3.11. The van der Waals surface area contributed by atoms with E-state index < -0.39 is 0 Å². The van der Waals surface area contributed by atoms with Gasteiger partial charge in [-0.3, -0.25) is 0 Å². The van der Waals surface area contributed by atoms with Crippen LogP contribution in [-0.2, 0) is 6.42 Å². The Hall–Kier alpha value is -1.34. The molecule has 18 heavy (non-hydrogen) atoms. The smallest absolute Gasteiger partial charge is 0.126 e. The first-order valence-corrected chi connectivity index (χ1v) is 6.45. The molecule has 0 aliphatic carbocycles. The lowest BCUT2D eigenvalue weighted by Crippen LogP contribution is -1.97. The molecule has 2 aromatic rings. The van der Waals surface area contributed by atoms with Crippen molar-refractivity contribution in [1.29, 1.82) is 0 Å². The van der Waals surface area contributed by atoms with Crippen LogP contribution in [-0.4, -0.2) is 0 Å². The molecule has 2 heteroatoms. The van der Waals surface area contributed by atoms with E-state index in [0.29, 0.717) is 5.56 Å². The van der Waals surface area contributed by atoms with Crippen molar-refractivity contribution in [2.45, 2.75) is 25.6 Å². The zero-order valence-corrected chi connectivity index (χ0v) is 11.3. The molecule has 94 valence electrons. The number of rotatable bonds is 3. The Balaban J connectivity index is 2.16. The van der Waals surface area contributed by atoms with Crippen molar-refractivity contribution in [1.82, 2.24) is 0 Å². The van der Waals surface area contributed by atoms with Crippen molar-refractivity contribution in [2.24, 2.45) is 0 Å². The van der Waals surface area contributed by atoms with Crippen molar-refractivity contribution >= 4 is 11.6 Å². The van der Waals surface area contributed by atoms with Crippen LogP contribution >= 0.6 is 11.6 Å². The molecule has 0 saturated carbocycles. The summed E-state index contributed by atoms with van der Waals surface area (Å²) in [4.78, 5) is 0. The van der Waals surface area contributed by atoms with Gasteiger partial charge in [-0.15, -0.1) is 11.6 Å². The van der Waals surface area contributed by atoms with Gasteiger partial charge in [0.1, 0.15) is 5.82 Å². The first-order chi connectivity index (χ1) is 8.56. The van der Waals surface area contributed by atoms with E-state index in [-0.39, 0.29) is 11.2 Å². The molecule has 0 aliphatic rings. The zero-order chi connectivity index (χ0) is 13.1. The molecule has 2 rings (SSSR count). The normalized spacial score (nSPS) is 12.4. The molecule has 0 heterocycles. The number of aryl methyl sites for hydroxylation is 2. The quantitative estimate of drug-likeness (QED) is 0.686. The third-order valence-electron chi connectivity index (χ3n) is 3.04. The fraction of sp³-hybridized carbons (Fsp3) is 0.250. The molecule has 0 N–H and O–H groups in total. The highest BCUT2D eigenvalue weighted by Crippen LogP contribution is 2.26. The maximum atomic E-state index is 13.2. The molecule has 2 aromatic carbocycles. The predicted octanol–water partition coefficient (Wildman–Crippen LogP) is 4.97. The van der Waals surface area contributed by atoms with Crippen molar-refractivity contribution in [3.05, 3.63) is 70.5 Å².